The Morgan fingerprint density at radius 3 is 2.54 bits per heavy atom. The summed E-state index contributed by atoms with van der Waals surface area (Å²) in [6, 6.07) is 15.0. The number of hydrogen-bond acceptors (Lipinski definition) is 2. The van der Waals surface area contributed by atoms with Crippen LogP contribution in [0.1, 0.15) is 16.7 Å². The smallest absolute Gasteiger partial charge is 0.325 e. The molecule has 1 heterocycles. The molecule has 0 saturated heterocycles. The molecule has 1 N–H and O–H groups in total. The van der Waals surface area contributed by atoms with Crippen molar-refractivity contribution in [3.05, 3.63) is 87.8 Å². The van der Waals surface area contributed by atoms with Gasteiger partial charge in [-0.2, -0.15) is 13.2 Å². The molecule has 2 aromatic carbocycles. The predicted molar refractivity (Wildman–Crippen MR) is 99.0 cm³/mol. The predicted octanol–water partition coefficient (Wildman–Crippen LogP) is 4.08. The molecule has 1 aliphatic rings. The molecule has 1 aliphatic carbocycles. The summed E-state index contributed by atoms with van der Waals surface area (Å²) in [6.45, 7) is -0.500. The van der Waals surface area contributed by atoms with E-state index in [-0.39, 0.29) is 0 Å². The standard InChI is InChI=1S/C21H15F3N2O2/c22-21(23,24)15-5-8-20(28)26(11-15)12-19(27)25-16-6-7-18-14(10-16)9-13-3-1-2-4-17(13)18/h1-8,10-11H,9,12H2,(H,25,27). The van der Waals surface area contributed by atoms with Gasteiger partial charge in [0.15, 0.2) is 0 Å². The molecule has 1 amide bonds. The van der Waals surface area contributed by atoms with Gasteiger partial charge in [0, 0.05) is 18.0 Å². The highest BCUT2D eigenvalue weighted by Gasteiger charge is 2.31. The van der Waals surface area contributed by atoms with Crippen molar-refractivity contribution in [2.45, 2.75) is 19.1 Å². The minimum atomic E-state index is -4.58. The van der Waals surface area contributed by atoms with Crippen LogP contribution in [-0.2, 0) is 23.9 Å². The molecule has 28 heavy (non-hydrogen) atoms. The molecule has 142 valence electrons. The van der Waals surface area contributed by atoms with Gasteiger partial charge in [-0.3, -0.25) is 9.59 Å². The minimum absolute atomic E-state index is 0.500. The fourth-order valence-corrected chi connectivity index (χ4v) is 3.40. The molecule has 1 aromatic heterocycles. The fourth-order valence-electron chi connectivity index (χ4n) is 3.40. The van der Waals surface area contributed by atoms with Crippen LogP contribution in [0.15, 0.2) is 65.6 Å². The number of rotatable bonds is 3. The van der Waals surface area contributed by atoms with Crippen molar-refractivity contribution in [3.8, 4) is 11.1 Å². The Bertz CT molecular complexity index is 1130. The van der Waals surface area contributed by atoms with Gasteiger partial charge in [0.05, 0.1) is 5.56 Å². The quantitative estimate of drug-likeness (QED) is 0.579. The fraction of sp³-hybridized carbons (Fsp3) is 0.143. The number of halogens is 3. The summed E-state index contributed by atoms with van der Waals surface area (Å²) < 4.78 is 39.2. The molecule has 0 saturated carbocycles. The summed E-state index contributed by atoms with van der Waals surface area (Å²) in [5.41, 5.74) is 3.42. The van der Waals surface area contributed by atoms with Crippen molar-refractivity contribution in [3.63, 3.8) is 0 Å². The zero-order valence-corrected chi connectivity index (χ0v) is 14.6. The molecule has 3 aromatic rings. The molecule has 0 unspecified atom stereocenters. The van der Waals surface area contributed by atoms with E-state index in [0.717, 1.165) is 33.7 Å². The molecule has 0 atom stereocenters. The molecule has 0 aliphatic heterocycles. The van der Waals surface area contributed by atoms with Crippen molar-refractivity contribution in [1.82, 2.24) is 4.57 Å². The number of aromatic nitrogens is 1. The highest BCUT2D eigenvalue weighted by Crippen LogP contribution is 2.37. The third-order valence-electron chi connectivity index (χ3n) is 4.70. The topological polar surface area (TPSA) is 51.1 Å². The van der Waals surface area contributed by atoms with E-state index in [1.807, 2.05) is 36.4 Å². The average molecular weight is 384 g/mol. The second kappa shape index (κ2) is 6.67. The molecular formula is C21H15F3N2O2. The number of pyridine rings is 1. The lowest BCUT2D eigenvalue weighted by molar-refractivity contribution is -0.138. The van der Waals surface area contributed by atoms with Gasteiger partial charge in [0.1, 0.15) is 6.54 Å². The lowest BCUT2D eigenvalue weighted by Gasteiger charge is -2.11. The zero-order valence-electron chi connectivity index (χ0n) is 14.6. The third kappa shape index (κ3) is 3.43. The van der Waals surface area contributed by atoms with Crippen molar-refractivity contribution in [2.24, 2.45) is 0 Å². The van der Waals surface area contributed by atoms with Crippen molar-refractivity contribution < 1.29 is 18.0 Å². The number of alkyl halides is 3. The molecule has 0 radical (unpaired) electrons. The molecule has 4 nitrogen and oxygen atoms in total. The van der Waals surface area contributed by atoms with Gasteiger partial charge in [0.25, 0.3) is 5.56 Å². The van der Waals surface area contributed by atoms with Gasteiger partial charge in [-0.25, -0.2) is 0 Å². The van der Waals surface area contributed by atoms with E-state index in [4.69, 9.17) is 0 Å². The highest BCUT2D eigenvalue weighted by molar-refractivity contribution is 5.91. The van der Waals surface area contributed by atoms with Crippen LogP contribution < -0.4 is 10.9 Å². The largest absolute Gasteiger partial charge is 0.417 e. The summed E-state index contributed by atoms with van der Waals surface area (Å²) >= 11 is 0. The second-order valence-electron chi connectivity index (χ2n) is 6.64. The van der Waals surface area contributed by atoms with E-state index >= 15 is 0 Å². The second-order valence-corrected chi connectivity index (χ2v) is 6.64. The van der Waals surface area contributed by atoms with E-state index in [2.05, 4.69) is 5.32 Å². The summed E-state index contributed by atoms with van der Waals surface area (Å²) in [6.07, 6.45) is -3.18. The first-order valence-corrected chi connectivity index (χ1v) is 8.60. The molecule has 0 bridgehead atoms. The van der Waals surface area contributed by atoms with Crippen LogP contribution in [0.4, 0.5) is 18.9 Å². The van der Waals surface area contributed by atoms with Crippen molar-refractivity contribution in [1.29, 1.82) is 0 Å². The Hall–Kier alpha value is -3.35. The third-order valence-corrected chi connectivity index (χ3v) is 4.70. The monoisotopic (exact) mass is 384 g/mol. The van der Waals surface area contributed by atoms with Crippen LogP contribution in [0.3, 0.4) is 0 Å². The van der Waals surface area contributed by atoms with Gasteiger partial charge >= 0.3 is 6.18 Å². The summed E-state index contributed by atoms with van der Waals surface area (Å²) in [5, 5.41) is 2.65. The van der Waals surface area contributed by atoms with E-state index in [0.29, 0.717) is 18.0 Å². The number of nitrogens with zero attached hydrogens (tertiary/aromatic N) is 1. The van der Waals surface area contributed by atoms with Gasteiger partial charge < -0.3 is 9.88 Å². The number of anilines is 1. The number of hydrogen-bond donors (Lipinski definition) is 1. The normalized spacial score (nSPS) is 12.4. The highest BCUT2D eigenvalue weighted by atomic mass is 19.4. The molecule has 7 heteroatoms. The Morgan fingerprint density at radius 2 is 1.75 bits per heavy atom. The summed E-state index contributed by atoms with van der Waals surface area (Å²) in [5.74, 6) is -0.572. The van der Waals surface area contributed by atoms with E-state index in [1.54, 1.807) is 6.07 Å². The van der Waals surface area contributed by atoms with E-state index < -0.39 is 29.8 Å². The van der Waals surface area contributed by atoms with Crippen molar-refractivity contribution >= 4 is 11.6 Å². The SMILES string of the molecule is O=C(Cn1cc(C(F)(F)F)ccc1=O)Nc1ccc2c(c1)Cc1ccccc1-2. The maximum absolute atomic E-state index is 12.8. The first-order chi connectivity index (χ1) is 13.3. The molecule has 0 fully saturated rings. The maximum Gasteiger partial charge on any atom is 0.417 e. The van der Waals surface area contributed by atoms with Gasteiger partial charge in [-0.1, -0.05) is 30.3 Å². The molecular weight excluding hydrogens is 369 g/mol. The minimum Gasteiger partial charge on any atom is -0.325 e. The van der Waals surface area contributed by atoms with Crippen LogP contribution in [0.25, 0.3) is 11.1 Å². The zero-order chi connectivity index (χ0) is 19.9. The number of carbonyl (C=O) groups is 1. The average Bonchev–Trinajstić information content (AvgIpc) is 3.00. The maximum atomic E-state index is 12.8. The number of amides is 1. The van der Waals surface area contributed by atoms with Crippen LogP contribution in [0.2, 0.25) is 0 Å². The first-order valence-electron chi connectivity index (χ1n) is 8.60. The van der Waals surface area contributed by atoms with Crippen LogP contribution >= 0.6 is 0 Å². The first kappa shape index (κ1) is 18.0. The Kier molecular flexibility index (Phi) is 4.30. The van der Waals surface area contributed by atoms with Crippen molar-refractivity contribution in [2.75, 3.05) is 5.32 Å². The van der Waals surface area contributed by atoms with Crippen LogP contribution in [-0.4, -0.2) is 10.5 Å². The number of nitrogens with one attached hydrogen (secondary N) is 1. The Balaban J connectivity index is 1.51. The van der Waals surface area contributed by atoms with Crippen LogP contribution in [0, 0.1) is 0 Å². The lowest BCUT2D eigenvalue weighted by atomic mass is 10.1. The number of carbonyl (C=O) groups excluding carboxylic acids is 1. The summed E-state index contributed by atoms with van der Waals surface area (Å²) in [7, 11) is 0. The van der Waals surface area contributed by atoms with Gasteiger partial charge in [-0.15, -0.1) is 0 Å². The van der Waals surface area contributed by atoms with Crippen LogP contribution in [0.5, 0.6) is 0 Å². The van der Waals surface area contributed by atoms with Gasteiger partial charge in [0.2, 0.25) is 5.91 Å². The number of benzene rings is 2. The number of fused-ring (bicyclic) bond motifs is 3. The Labute approximate surface area is 158 Å². The van der Waals surface area contributed by atoms with Gasteiger partial charge in [-0.05, 0) is 46.9 Å². The summed E-state index contributed by atoms with van der Waals surface area (Å²) in [4.78, 5) is 24.0. The lowest BCUT2D eigenvalue weighted by Crippen LogP contribution is -2.28. The van der Waals surface area contributed by atoms with E-state index in [1.165, 1.54) is 5.56 Å². The Morgan fingerprint density at radius 1 is 1.00 bits per heavy atom. The van der Waals surface area contributed by atoms with E-state index in [9.17, 15) is 22.8 Å². The molecule has 4 rings (SSSR count). The molecule has 0 spiro atoms.